The number of esters is 2. The van der Waals surface area contributed by atoms with Crippen molar-refractivity contribution in [3.63, 3.8) is 0 Å². The van der Waals surface area contributed by atoms with E-state index in [-0.39, 0.29) is 5.82 Å². The number of rotatable bonds is 5. The lowest BCUT2D eigenvalue weighted by Gasteiger charge is -2.31. The van der Waals surface area contributed by atoms with Gasteiger partial charge in [-0.25, -0.2) is 9.59 Å². The summed E-state index contributed by atoms with van der Waals surface area (Å²) < 4.78 is 10.3. The van der Waals surface area contributed by atoms with Crippen LogP contribution in [0.1, 0.15) is 29.8 Å². The Morgan fingerprint density at radius 2 is 1.45 bits per heavy atom. The highest BCUT2D eigenvalue weighted by molar-refractivity contribution is 6.16. The van der Waals surface area contributed by atoms with Crippen molar-refractivity contribution in [2.45, 2.75) is 26.6 Å². The Morgan fingerprint density at radius 1 is 0.862 bits per heavy atom. The molecule has 1 fully saturated rings. The number of anilines is 1. The summed E-state index contributed by atoms with van der Waals surface area (Å²) in [5.74, 6) is -3.64. The van der Waals surface area contributed by atoms with Gasteiger partial charge in [0.15, 0.2) is 5.57 Å². The minimum absolute atomic E-state index is 0.0661. The van der Waals surface area contributed by atoms with Crippen LogP contribution in [0.3, 0.4) is 0 Å². The summed E-state index contributed by atoms with van der Waals surface area (Å²) in [5.41, 5.74) is 6.70. The Balaban J connectivity index is 1.89. The number of amides is 1. The Bertz CT molecular complexity index is 944. The van der Waals surface area contributed by atoms with Crippen molar-refractivity contribution in [1.82, 2.24) is 10.9 Å². The molecule has 3 N–H and O–H groups in total. The maximum Gasteiger partial charge on any atom is 0.352 e. The topological polar surface area (TPSA) is 106 Å². The lowest BCUT2D eigenvalue weighted by atomic mass is 10.2. The number of benzene rings is 2. The predicted molar refractivity (Wildman–Crippen MR) is 105 cm³/mol. The number of ether oxygens (including phenoxy) is 2. The third-order valence-corrected chi connectivity index (χ3v) is 3.99. The van der Waals surface area contributed by atoms with Crippen LogP contribution in [-0.2, 0) is 19.1 Å². The molecule has 3 rings (SSSR count). The van der Waals surface area contributed by atoms with Crippen LogP contribution in [0, 0.1) is 6.92 Å². The SMILES string of the molecule is Cc1ccc(NC(NNC(=O)c2ccccc2)=C2C(=O)OC(C)(C)OC2=O)cc1. The van der Waals surface area contributed by atoms with Gasteiger partial charge in [-0.3, -0.25) is 15.6 Å². The molecule has 0 bridgehead atoms. The Kier molecular flexibility index (Phi) is 5.54. The molecule has 1 aliphatic rings. The highest BCUT2D eigenvalue weighted by Crippen LogP contribution is 2.24. The van der Waals surface area contributed by atoms with E-state index in [2.05, 4.69) is 16.2 Å². The minimum atomic E-state index is -1.38. The molecule has 8 heteroatoms. The third kappa shape index (κ3) is 4.92. The first-order valence-electron chi connectivity index (χ1n) is 8.91. The average Bonchev–Trinajstić information content (AvgIpc) is 2.66. The summed E-state index contributed by atoms with van der Waals surface area (Å²) in [6, 6.07) is 15.7. The van der Waals surface area contributed by atoms with Gasteiger partial charge in [-0.1, -0.05) is 35.9 Å². The molecule has 29 heavy (non-hydrogen) atoms. The Hall–Kier alpha value is -3.81. The molecule has 150 valence electrons. The first-order chi connectivity index (χ1) is 13.7. The van der Waals surface area contributed by atoms with Crippen LogP contribution in [-0.4, -0.2) is 23.6 Å². The molecule has 0 spiro atoms. The molecule has 2 aromatic rings. The monoisotopic (exact) mass is 395 g/mol. The first kappa shape index (κ1) is 19.9. The van der Waals surface area contributed by atoms with Crippen molar-refractivity contribution in [3.8, 4) is 0 Å². The molecule has 0 aliphatic carbocycles. The summed E-state index contributed by atoms with van der Waals surface area (Å²) in [6.45, 7) is 4.84. The Labute approximate surface area is 167 Å². The molecule has 0 radical (unpaired) electrons. The van der Waals surface area contributed by atoms with Gasteiger partial charge in [0.2, 0.25) is 0 Å². The zero-order valence-electron chi connectivity index (χ0n) is 16.2. The van der Waals surface area contributed by atoms with E-state index in [1.807, 2.05) is 19.1 Å². The van der Waals surface area contributed by atoms with Gasteiger partial charge < -0.3 is 14.8 Å². The van der Waals surface area contributed by atoms with Gasteiger partial charge in [0.25, 0.3) is 11.7 Å². The highest BCUT2D eigenvalue weighted by Gasteiger charge is 2.41. The maximum atomic E-state index is 12.4. The summed E-state index contributed by atoms with van der Waals surface area (Å²) in [5, 5.41) is 2.92. The van der Waals surface area contributed by atoms with Crippen LogP contribution < -0.4 is 16.2 Å². The number of nitrogens with one attached hydrogen (secondary N) is 3. The van der Waals surface area contributed by atoms with Gasteiger partial charge in [-0.15, -0.1) is 0 Å². The van der Waals surface area contributed by atoms with E-state index in [9.17, 15) is 14.4 Å². The van der Waals surface area contributed by atoms with Crippen LogP contribution in [0.2, 0.25) is 0 Å². The summed E-state index contributed by atoms with van der Waals surface area (Å²) in [7, 11) is 0. The molecule has 0 saturated carbocycles. The quantitative estimate of drug-likeness (QED) is 0.309. The van der Waals surface area contributed by atoms with E-state index in [1.165, 1.54) is 13.8 Å². The number of carbonyl (C=O) groups is 3. The smallest absolute Gasteiger partial charge is 0.352 e. The maximum absolute atomic E-state index is 12.4. The molecule has 0 aromatic heterocycles. The minimum Gasteiger partial charge on any atom is -0.419 e. The first-order valence-corrected chi connectivity index (χ1v) is 8.91. The van der Waals surface area contributed by atoms with Crippen LogP contribution in [0.5, 0.6) is 0 Å². The number of cyclic esters (lactones) is 2. The number of aryl methyl sites for hydroxylation is 1. The van der Waals surface area contributed by atoms with Crippen LogP contribution >= 0.6 is 0 Å². The van der Waals surface area contributed by atoms with E-state index in [1.54, 1.807) is 42.5 Å². The lowest BCUT2D eigenvalue weighted by Crippen LogP contribution is -2.46. The lowest BCUT2D eigenvalue weighted by molar-refractivity contribution is -0.222. The predicted octanol–water partition coefficient (Wildman–Crippen LogP) is 2.39. The molecule has 0 atom stereocenters. The second-order valence-corrected chi connectivity index (χ2v) is 6.87. The molecule has 1 heterocycles. The van der Waals surface area contributed by atoms with Crippen LogP contribution in [0.4, 0.5) is 5.69 Å². The fraction of sp³-hybridized carbons (Fsp3) is 0.190. The van der Waals surface area contributed by atoms with Gasteiger partial charge in [0.1, 0.15) is 5.82 Å². The molecular weight excluding hydrogens is 374 g/mol. The zero-order valence-corrected chi connectivity index (χ0v) is 16.2. The van der Waals surface area contributed by atoms with Crippen LogP contribution in [0.25, 0.3) is 0 Å². The zero-order chi connectivity index (χ0) is 21.0. The average molecular weight is 395 g/mol. The van der Waals surface area contributed by atoms with Gasteiger partial charge in [0, 0.05) is 25.1 Å². The van der Waals surface area contributed by atoms with E-state index in [0.717, 1.165) is 5.56 Å². The van der Waals surface area contributed by atoms with Crippen molar-refractivity contribution >= 4 is 23.5 Å². The van der Waals surface area contributed by atoms with Crippen molar-refractivity contribution in [3.05, 3.63) is 77.1 Å². The molecule has 2 aromatic carbocycles. The fourth-order valence-corrected chi connectivity index (χ4v) is 2.58. The second kappa shape index (κ2) is 8.05. The van der Waals surface area contributed by atoms with Gasteiger partial charge in [-0.05, 0) is 31.2 Å². The van der Waals surface area contributed by atoms with Crippen molar-refractivity contribution in [2.24, 2.45) is 0 Å². The van der Waals surface area contributed by atoms with Gasteiger partial charge in [0.05, 0.1) is 0 Å². The number of carbonyl (C=O) groups excluding carboxylic acids is 3. The van der Waals surface area contributed by atoms with Crippen molar-refractivity contribution in [1.29, 1.82) is 0 Å². The van der Waals surface area contributed by atoms with E-state index in [0.29, 0.717) is 11.3 Å². The number of hydrogen-bond donors (Lipinski definition) is 3. The Morgan fingerprint density at radius 3 is 2.03 bits per heavy atom. The molecule has 1 saturated heterocycles. The van der Waals surface area contributed by atoms with Gasteiger partial charge in [-0.2, -0.15) is 0 Å². The summed E-state index contributed by atoms with van der Waals surface area (Å²) >= 11 is 0. The van der Waals surface area contributed by atoms with Gasteiger partial charge >= 0.3 is 11.9 Å². The number of hydrogen-bond acceptors (Lipinski definition) is 7. The van der Waals surface area contributed by atoms with Crippen LogP contribution in [0.15, 0.2) is 66.0 Å². The molecule has 8 nitrogen and oxygen atoms in total. The van der Waals surface area contributed by atoms with E-state index in [4.69, 9.17) is 9.47 Å². The standard InChI is InChI=1S/C21H21N3O5/c1-13-9-11-15(12-10-13)22-17(16-19(26)28-21(2,3)29-20(16)27)23-24-18(25)14-7-5-4-6-8-14/h4-12,22-23H,1-3H3,(H,24,25). The number of hydrazine groups is 1. The largest absolute Gasteiger partial charge is 0.419 e. The summed E-state index contributed by atoms with van der Waals surface area (Å²) in [6.07, 6.45) is 0. The molecule has 0 unspecified atom stereocenters. The highest BCUT2D eigenvalue weighted by atomic mass is 16.7. The van der Waals surface area contributed by atoms with Crippen molar-refractivity contribution < 1.29 is 23.9 Å². The van der Waals surface area contributed by atoms with Crippen molar-refractivity contribution in [2.75, 3.05) is 5.32 Å². The summed E-state index contributed by atoms with van der Waals surface area (Å²) in [4.78, 5) is 37.2. The van der Waals surface area contributed by atoms with E-state index < -0.39 is 29.2 Å². The fourth-order valence-electron chi connectivity index (χ4n) is 2.58. The molecular formula is C21H21N3O5. The third-order valence-electron chi connectivity index (χ3n) is 3.99. The molecule has 1 aliphatic heterocycles. The second-order valence-electron chi connectivity index (χ2n) is 6.87. The molecule has 1 amide bonds. The normalized spacial score (nSPS) is 15.1. The van der Waals surface area contributed by atoms with E-state index >= 15 is 0 Å².